The second-order valence-electron chi connectivity index (χ2n) is 8.50. The van der Waals surface area contributed by atoms with Crippen LogP contribution in [0.2, 0.25) is 5.28 Å². The third kappa shape index (κ3) is 6.73. The Bertz CT molecular complexity index is 1390. The lowest BCUT2D eigenvalue weighted by atomic mass is 10.1. The van der Waals surface area contributed by atoms with Crippen LogP contribution >= 0.6 is 11.6 Å². The number of rotatable bonds is 11. The maximum atomic E-state index is 12.5. The van der Waals surface area contributed by atoms with Crippen LogP contribution in [-0.2, 0) is 17.9 Å². The second kappa shape index (κ2) is 12.2. The molecule has 2 amide bonds. The van der Waals surface area contributed by atoms with E-state index in [-0.39, 0.29) is 17.1 Å². The molecule has 2 heterocycles. The van der Waals surface area contributed by atoms with Crippen LogP contribution < -0.4 is 21.7 Å². The Morgan fingerprint density at radius 1 is 1.08 bits per heavy atom. The van der Waals surface area contributed by atoms with Gasteiger partial charge in [0, 0.05) is 31.6 Å². The van der Waals surface area contributed by atoms with Gasteiger partial charge in [-0.05, 0) is 54.3 Å². The maximum absolute atomic E-state index is 12.5. The number of carbonyl (C=O) groups excluding carboxylic acids is 2. The van der Waals surface area contributed by atoms with Crippen LogP contribution in [0.5, 0.6) is 0 Å². The number of para-hydroxylation sites is 2. The number of carbonyl (C=O) groups is 2. The number of amides is 2. The summed E-state index contributed by atoms with van der Waals surface area (Å²) >= 11 is 6.09. The Morgan fingerprint density at radius 3 is 2.62 bits per heavy atom. The average Bonchev–Trinajstić information content (AvgIpc) is 3.30. The molecule has 0 radical (unpaired) electrons. The molecule has 5 N–H and O–H groups in total. The Balaban J connectivity index is 1.25. The van der Waals surface area contributed by atoms with Crippen LogP contribution in [0.15, 0.2) is 54.9 Å². The fourth-order valence-corrected chi connectivity index (χ4v) is 3.89. The molecule has 0 saturated carbocycles. The summed E-state index contributed by atoms with van der Waals surface area (Å²) in [6.45, 7) is 3.76. The molecule has 4 aromatic rings. The van der Waals surface area contributed by atoms with Crippen LogP contribution in [0, 0.1) is 0 Å². The molecule has 0 aliphatic rings. The van der Waals surface area contributed by atoms with Gasteiger partial charge in [0.05, 0.1) is 17.7 Å². The molecule has 0 fully saturated rings. The highest BCUT2D eigenvalue weighted by Crippen LogP contribution is 2.21. The average molecular weight is 521 g/mol. The van der Waals surface area contributed by atoms with Gasteiger partial charge in [0.15, 0.2) is 17.0 Å². The number of nitrogens with two attached hydrogens (primary N) is 1. The molecule has 10 nitrogen and oxygen atoms in total. The Labute approximate surface area is 219 Å². The van der Waals surface area contributed by atoms with E-state index in [0.717, 1.165) is 18.5 Å². The zero-order chi connectivity index (χ0) is 26.2. The number of halogens is 1. The van der Waals surface area contributed by atoms with Crippen molar-refractivity contribution in [3.63, 3.8) is 0 Å². The van der Waals surface area contributed by atoms with Crippen LogP contribution in [0.4, 0.5) is 17.2 Å². The quantitative estimate of drug-likeness (QED) is 0.171. The number of benzene rings is 2. The second-order valence-corrected chi connectivity index (χ2v) is 8.83. The highest BCUT2D eigenvalue weighted by molar-refractivity contribution is 6.28. The van der Waals surface area contributed by atoms with E-state index in [1.54, 1.807) is 42.7 Å². The fourth-order valence-electron chi connectivity index (χ4n) is 3.73. The van der Waals surface area contributed by atoms with Gasteiger partial charge in [-0.2, -0.15) is 9.97 Å². The molecular weight excluding hydrogens is 492 g/mol. The van der Waals surface area contributed by atoms with E-state index in [1.807, 2.05) is 16.7 Å². The van der Waals surface area contributed by atoms with E-state index in [9.17, 15) is 9.59 Å². The molecule has 0 saturated heterocycles. The van der Waals surface area contributed by atoms with Gasteiger partial charge in [-0.1, -0.05) is 31.2 Å². The lowest BCUT2D eigenvalue weighted by Crippen LogP contribution is -2.23. The molecule has 37 heavy (non-hydrogen) atoms. The summed E-state index contributed by atoms with van der Waals surface area (Å²) < 4.78 is 1.88. The number of fused-ring (bicyclic) bond motifs is 1. The van der Waals surface area contributed by atoms with E-state index in [4.69, 9.17) is 17.3 Å². The smallest absolute Gasteiger partial charge is 0.255 e. The summed E-state index contributed by atoms with van der Waals surface area (Å²) in [6, 6.07) is 14.2. The van der Waals surface area contributed by atoms with Crippen molar-refractivity contribution in [2.75, 3.05) is 22.9 Å². The van der Waals surface area contributed by atoms with Crippen molar-refractivity contribution in [2.24, 2.45) is 0 Å². The van der Waals surface area contributed by atoms with Crippen LogP contribution in [-0.4, -0.2) is 37.9 Å². The highest BCUT2D eigenvalue weighted by Gasteiger charge is 2.13. The Kier molecular flexibility index (Phi) is 8.52. The summed E-state index contributed by atoms with van der Waals surface area (Å²) in [5, 5.41) is 9.08. The third-order valence-corrected chi connectivity index (χ3v) is 5.87. The molecule has 0 spiro atoms. The maximum Gasteiger partial charge on any atom is 0.255 e. The number of anilines is 3. The Hall–Kier alpha value is -4.18. The molecule has 11 heteroatoms. The largest absolute Gasteiger partial charge is 0.397 e. The van der Waals surface area contributed by atoms with Gasteiger partial charge >= 0.3 is 0 Å². The van der Waals surface area contributed by atoms with Gasteiger partial charge in [-0.25, -0.2) is 4.98 Å². The minimum atomic E-state index is -0.250. The van der Waals surface area contributed by atoms with Gasteiger partial charge in [-0.3, -0.25) is 9.59 Å². The number of hydrogen-bond acceptors (Lipinski definition) is 7. The molecule has 0 unspecified atom stereocenters. The summed E-state index contributed by atoms with van der Waals surface area (Å²) in [4.78, 5) is 37.8. The number of aromatic nitrogens is 4. The van der Waals surface area contributed by atoms with Crippen LogP contribution in [0.1, 0.15) is 42.1 Å². The summed E-state index contributed by atoms with van der Waals surface area (Å²) in [5.41, 5.74) is 9.64. The number of nitrogens with one attached hydrogen (secondary N) is 3. The molecule has 0 bridgehead atoms. The molecule has 2 aromatic carbocycles. The summed E-state index contributed by atoms with van der Waals surface area (Å²) in [6.07, 6.45) is 3.59. The minimum absolute atomic E-state index is 0.0660. The molecule has 192 valence electrons. The summed E-state index contributed by atoms with van der Waals surface area (Å²) in [5.74, 6) is 0.296. The highest BCUT2D eigenvalue weighted by atomic mass is 35.5. The third-order valence-electron chi connectivity index (χ3n) is 5.70. The van der Waals surface area contributed by atoms with E-state index >= 15 is 0 Å². The van der Waals surface area contributed by atoms with Crippen molar-refractivity contribution in [1.82, 2.24) is 24.8 Å². The van der Waals surface area contributed by atoms with Crippen LogP contribution in [0.25, 0.3) is 11.2 Å². The first kappa shape index (κ1) is 25.9. The first-order valence-corrected chi connectivity index (χ1v) is 12.5. The molecular formula is C26H29ClN8O2. The topological polar surface area (TPSA) is 140 Å². The van der Waals surface area contributed by atoms with Crippen molar-refractivity contribution in [1.29, 1.82) is 0 Å². The van der Waals surface area contributed by atoms with Gasteiger partial charge in [0.2, 0.25) is 11.2 Å². The van der Waals surface area contributed by atoms with E-state index < -0.39 is 0 Å². The van der Waals surface area contributed by atoms with Crippen LogP contribution in [0.3, 0.4) is 0 Å². The predicted octanol–water partition coefficient (Wildman–Crippen LogP) is 4.23. The van der Waals surface area contributed by atoms with Gasteiger partial charge in [-0.15, -0.1) is 0 Å². The zero-order valence-corrected chi connectivity index (χ0v) is 21.3. The van der Waals surface area contributed by atoms with Gasteiger partial charge in [0.25, 0.3) is 5.91 Å². The van der Waals surface area contributed by atoms with E-state index in [0.29, 0.717) is 59.9 Å². The lowest BCUT2D eigenvalue weighted by molar-refractivity contribution is -0.121. The van der Waals surface area contributed by atoms with Gasteiger partial charge < -0.3 is 26.3 Å². The monoisotopic (exact) mass is 520 g/mol. The molecule has 4 rings (SSSR count). The molecule has 0 aliphatic heterocycles. The van der Waals surface area contributed by atoms with Crippen molar-refractivity contribution in [2.45, 2.75) is 39.3 Å². The molecule has 0 atom stereocenters. The number of nitrogens with zero attached hydrogens (tertiary/aromatic N) is 4. The number of nitrogen functional groups attached to an aromatic ring is 1. The van der Waals surface area contributed by atoms with Crippen molar-refractivity contribution >= 4 is 51.8 Å². The van der Waals surface area contributed by atoms with Gasteiger partial charge in [0.1, 0.15) is 0 Å². The zero-order valence-electron chi connectivity index (χ0n) is 20.5. The Morgan fingerprint density at radius 2 is 1.86 bits per heavy atom. The lowest BCUT2D eigenvalue weighted by Gasteiger charge is -2.09. The molecule has 0 aliphatic carbocycles. The summed E-state index contributed by atoms with van der Waals surface area (Å²) in [7, 11) is 0. The number of hydrogen-bond donors (Lipinski definition) is 4. The van der Waals surface area contributed by atoms with E-state index in [1.165, 1.54) is 0 Å². The first-order chi connectivity index (χ1) is 17.9. The number of imidazole rings is 1. The van der Waals surface area contributed by atoms with Crippen molar-refractivity contribution < 1.29 is 9.59 Å². The standard InChI is InChI=1S/C26H29ClN8O2/c1-2-13-29-23-22-24(34-26(27)33-23)35(16-31-22)14-5-8-21(36)30-15-17-9-11-18(12-10-17)25(37)32-20-7-4-3-6-19(20)28/h3-4,6-7,9-12,16H,2,5,8,13-15,28H2,1H3,(H,30,36)(H,32,37)(H,29,33,34). The SMILES string of the molecule is CCCNc1nc(Cl)nc2c1ncn2CCCC(=O)NCc1ccc(C(=O)Nc2ccccc2N)cc1. The first-order valence-electron chi connectivity index (χ1n) is 12.1. The number of aryl methyl sites for hydroxylation is 1. The normalized spacial score (nSPS) is 10.9. The molecule has 2 aromatic heterocycles. The van der Waals surface area contributed by atoms with Crippen molar-refractivity contribution in [3.05, 3.63) is 71.3 Å². The van der Waals surface area contributed by atoms with E-state index in [2.05, 4.69) is 37.8 Å². The van der Waals surface area contributed by atoms with Crippen molar-refractivity contribution in [3.8, 4) is 0 Å². The fraction of sp³-hybridized carbons (Fsp3) is 0.269. The predicted molar refractivity (Wildman–Crippen MR) is 145 cm³/mol. The minimum Gasteiger partial charge on any atom is -0.397 e.